The van der Waals surface area contributed by atoms with Crippen LogP contribution in [-0.4, -0.2) is 22.2 Å². The van der Waals surface area contributed by atoms with Gasteiger partial charge in [0.05, 0.1) is 0 Å². The summed E-state index contributed by atoms with van der Waals surface area (Å²) in [5.41, 5.74) is 0.339. The topological polar surface area (TPSA) is 75.2 Å². The van der Waals surface area contributed by atoms with Crippen LogP contribution in [0.1, 0.15) is 25.8 Å². The molecule has 0 aliphatic rings. The largest absolute Gasteiger partial charge is 0.493 e. The maximum Gasteiger partial charge on any atom is 0.262 e. The van der Waals surface area contributed by atoms with Gasteiger partial charge in [0.15, 0.2) is 0 Å². The average molecular weight is 353 g/mol. The monoisotopic (exact) mass is 352 g/mol. The molecule has 0 fully saturated rings. The average Bonchev–Trinajstić information content (AvgIpc) is 2.40. The Morgan fingerprint density at radius 3 is 2.52 bits per heavy atom. The van der Waals surface area contributed by atoms with Crippen molar-refractivity contribution in [2.75, 3.05) is 7.11 Å². The third kappa shape index (κ3) is 3.16. The van der Waals surface area contributed by atoms with Crippen LogP contribution in [0.15, 0.2) is 33.5 Å². The van der Waals surface area contributed by atoms with E-state index in [1.54, 1.807) is 25.3 Å². The van der Waals surface area contributed by atoms with Crippen molar-refractivity contribution in [3.8, 4) is 17.0 Å². The summed E-state index contributed by atoms with van der Waals surface area (Å²) < 4.78 is 6.04. The predicted octanol–water partition coefficient (Wildman–Crippen LogP) is 3.25. The smallest absolute Gasteiger partial charge is 0.262 e. The highest BCUT2D eigenvalue weighted by Crippen LogP contribution is 2.31. The standard InChI is InChI=1S/C15H17BrN2O3/c1-8(2)12(21-3)13-17-14(19)11(15(20)18-13)9-6-4-5-7-10(9)16/h4-8,12H,1-3H3,(H2,17,18,19,20). The number of aromatic hydroxyl groups is 1. The number of nitrogens with zero attached hydrogens (tertiary/aromatic N) is 1. The van der Waals surface area contributed by atoms with Crippen molar-refractivity contribution in [2.24, 2.45) is 5.92 Å². The number of benzene rings is 1. The highest BCUT2D eigenvalue weighted by atomic mass is 79.9. The van der Waals surface area contributed by atoms with Gasteiger partial charge in [0.25, 0.3) is 5.56 Å². The molecule has 0 aliphatic heterocycles. The second-order valence-corrected chi connectivity index (χ2v) is 5.88. The molecule has 1 aromatic heterocycles. The molecule has 21 heavy (non-hydrogen) atoms. The van der Waals surface area contributed by atoms with E-state index in [1.807, 2.05) is 19.9 Å². The molecule has 0 aliphatic carbocycles. The van der Waals surface area contributed by atoms with Gasteiger partial charge in [-0.05, 0) is 12.0 Å². The van der Waals surface area contributed by atoms with Crippen molar-refractivity contribution in [2.45, 2.75) is 20.0 Å². The van der Waals surface area contributed by atoms with Crippen LogP contribution in [0.3, 0.4) is 0 Å². The molecule has 112 valence electrons. The van der Waals surface area contributed by atoms with Crippen molar-refractivity contribution in [1.29, 1.82) is 0 Å². The van der Waals surface area contributed by atoms with Crippen molar-refractivity contribution < 1.29 is 9.84 Å². The first-order valence-corrected chi connectivity index (χ1v) is 7.35. The summed E-state index contributed by atoms with van der Waals surface area (Å²) in [6, 6.07) is 7.17. The van der Waals surface area contributed by atoms with Gasteiger partial charge in [0.2, 0.25) is 5.88 Å². The zero-order valence-corrected chi connectivity index (χ0v) is 13.6. The second kappa shape index (κ2) is 6.41. The zero-order valence-electron chi connectivity index (χ0n) is 12.1. The molecule has 2 rings (SSSR count). The Morgan fingerprint density at radius 1 is 1.33 bits per heavy atom. The van der Waals surface area contributed by atoms with E-state index < -0.39 is 5.56 Å². The van der Waals surface area contributed by atoms with Crippen LogP contribution in [0.4, 0.5) is 0 Å². The van der Waals surface area contributed by atoms with E-state index in [1.165, 1.54) is 0 Å². The van der Waals surface area contributed by atoms with Gasteiger partial charge in [-0.15, -0.1) is 0 Å². The van der Waals surface area contributed by atoms with Crippen molar-refractivity contribution in [3.63, 3.8) is 0 Å². The van der Waals surface area contributed by atoms with Crippen molar-refractivity contribution in [1.82, 2.24) is 9.97 Å². The van der Waals surface area contributed by atoms with Crippen LogP contribution in [0.25, 0.3) is 11.1 Å². The molecule has 0 bridgehead atoms. The quantitative estimate of drug-likeness (QED) is 0.885. The summed E-state index contributed by atoms with van der Waals surface area (Å²) in [7, 11) is 1.55. The minimum Gasteiger partial charge on any atom is -0.493 e. The number of hydrogen-bond donors (Lipinski definition) is 2. The Hall–Kier alpha value is -1.66. The highest BCUT2D eigenvalue weighted by molar-refractivity contribution is 9.10. The van der Waals surface area contributed by atoms with Crippen molar-refractivity contribution >= 4 is 15.9 Å². The van der Waals surface area contributed by atoms with Gasteiger partial charge in [-0.3, -0.25) is 4.79 Å². The SMILES string of the molecule is COC(c1nc(O)c(-c2ccccc2Br)c(=O)[nH]1)C(C)C. The Kier molecular flexibility index (Phi) is 4.80. The molecule has 0 saturated carbocycles. The summed E-state index contributed by atoms with van der Waals surface area (Å²) in [6.07, 6.45) is -0.378. The van der Waals surface area contributed by atoms with Crippen LogP contribution in [0.5, 0.6) is 5.88 Å². The number of aromatic amines is 1. The lowest BCUT2D eigenvalue weighted by Gasteiger charge is -2.18. The number of aromatic nitrogens is 2. The van der Waals surface area contributed by atoms with Crippen LogP contribution >= 0.6 is 15.9 Å². The molecular weight excluding hydrogens is 336 g/mol. The lowest BCUT2D eigenvalue weighted by atomic mass is 10.1. The van der Waals surface area contributed by atoms with E-state index in [-0.39, 0.29) is 23.5 Å². The molecule has 5 nitrogen and oxygen atoms in total. The number of rotatable bonds is 4. The van der Waals surface area contributed by atoms with Crippen LogP contribution in [0.2, 0.25) is 0 Å². The van der Waals surface area contributed by atoms with Crippen molar-refractivity contribution in [3.05, 3.63) is 44.9 Å². The third-order valence-electron chi connectivity index (χ3n) is 3.19. The molecule has 2 N–H and O–H groups in total. The lowest BCUT2D eigenvalue weighted by Crippen LogP contribution is -2.20. The summed E-state index contributed by atoms with van der Waals surface area (Å²) in [5, 5.41) is 10.2. The fourth-order valence-corrected chi connectivity index (χ4v) is 2.70. The minimum atomic E-state index is -0.396. The molecule has 0 radical (unpaired) electrons. The molecule has 6 heteroatoms. The van der Waals surface area contributed by atoms with E-state index in [9.17, 15) is 9.90 Å². The Balaban J connectivity index is 2.58. The predicted molar refractivity (Wildman–Crippen MR) is 84.2 cm³/mol. The summed E-state index contributed by atoms with van der Waals surface area (Å²) in [6.45, 7) is 3.90. The van der Waals surface area contributed by atoms with Gasteiger partial charge in [0.1, 0.15) is 17.5 Å². The minimum absolute atomic E-state index is 0.117. The number of ether oxygens (including phenoxy) is 1. The number of halogens is 1. The molecule has 1 unspecified atom stereocenters. The maximum absolute atomic E-state index is 12.3. The van der Waals surface area contributed by atoms with Gasteiger partial charge in [-0.1, -0.05) is 48.0 Å². The van der Waals surface area contributed by atoms with Gasteiger partial charge in [-0.25, -0.2) is 0 Å². The number of H-pyrrole nitrogens is 1. The first-order chi connectivity index (χ1) is 9.95. The molecule has 0 saturated heterocycles. The summed E-state index contributed by atoms with van der Waals surface area (Å²) in [5.74, 6) is 0.140. The fraction of sp³-hybridized carbons (Fsp3) is 0.333. The molecule has 1 heterocycles. The van der Waals surface area contributed by atoms with E-state index >= 15 is 0 Å². The Morgan fingerprint density at radius 2 is 2.00 bits per heavy atom. The summed E-state index contributed by atoms with van der Waals surface area (Å²) >= 11 is 3.37. The number of methoxy groups -OCH3 is 1. The van der Waals surface area contributed by atoms with Gasteiger partial charge >= 0.3 is 0 Å². The Labute approximate surface area is 131 Å². The maximum atomic E-state index is 12.3. The summed E-state index contributed by atoms with van der Waals surface area (Å²) in [4.78, 5) is 19.1. The normalized spacial score (nSPS) is 12.6. The van der Waals surface area contributed by atoms with Gasteiger partial charge < -0.3 is 14.8 Å². The first kappa shape index (κ1) is 15.7. The van der Waals surface area contributed by atoms with Gasteiger partial charge in [-0.2, -0.15) is 4.98 Å². The number of hydrogen-bond acceptors (Lipinski definition) is 4. The van der Waals surface area contributed by atoms with E-state index in [0.29, 0.717) is 15.9 Å². The van der Waals surface area contributed by atoms with E-state index in [2.05, 4.69) is 25.9 Å². The third-order valence-corrected chi connectivity index (χ3v) is 3.88. The zero-order chi connectivity index (χ0) is 15.6. The molecule has 1 atom stereocenters. The second-order valence-electron chi connectivity index (χ2n) is 5.03. The highest BCUT2D eigenvalue weighted by Gasteiger charge is 2.22. The van der Waals surface area contributed by atoms with Crippen LogP contribution in [0, 0.1) is 5.92 Å². The molecule has 1 aromatic carbocycles. The van der Waals surface area contributed by atoms with Gasteiger partial charge in [0, 0.05) is 17.1 Å². The Bertz CT molecular complexity index is 698. The fourth-order valence-electron chi connectivity index (χ4n) is 2.22. The van der Waals surface area contributed by atoms with E-state index in [4.69, 9.17) is 4.74 Å². The lowest BCUT2D eigenvalue weighted by molar-refractivity contribution is 0.0568. The molecule has 2 aromatic rings. The van der Waals surface area contributed by atoms with Crippen LogP contribution in [-0.2, 0) is 4.74 Å². The molecule has 0 amide bonds. The molecular formula is C15H17BrN2O3. The first-order valence-electron chi connectivity index (χ1n) is 6.56. The number of nitrogens with one attached hydrogen (secondary N) is 1. The van der Waals surface area contributed by atoms with Crippen LogP contribution < -0.4 is 5.56 Å². The van der Waals surface area contributed by atoms with E-state index in [0.717, 1.165) is 0 Å². The molecule has 0 spiro atoms.